The van der Waals surface area contributed by atoms with Gasteiger partial charge in [0, 0.05) is 43.3 Å². The molecule has 8 rings (SSSR count). The predicted octanol–water partition coefficient (Wildman–Crippen LogP) is 10.1. The number of hydrogen-bond acceptors (Lipinski definition) is 3. The number of furan rings is 1. The molecule has 3 aromatic heterocycles. The van der Waals surface area contributed by atoms with E-state index in [-0.39, 0.29) is 20.1 Å². The standard InChI is InChI=1S/C28H18NO.C11H8N.Ir/c1-18-15-16-29-25(17-18)20-11-9-19(10-12-20)21-6-4-7-23-22(21)13-14-27-28(23)24-5-2-3-8-26(24)30-27;1-2-6-10(7-3-1)11-8-4-5-9-12-11;/h2-11,13-17H,1H3;1-6,8-9H;/q2*-1;. The van der Waals surface area contributed by atoms with Gasteiger partial charge in [0.05, 0.1) is 0 Å². The van der Waals surface area contributed by atoms with Crippen LogP contribution < -0.4 is 0 Å². The Morgan fingerprint density at radius 2 is 1.40 bits per heavy atom. The summed E-state index contributed by atoms with van der Waals surface area (Å²) in [6.07, 6.45) is 3.63. The fourth-order valence-corrected chi connectivity index (χ4v) is 5.34. The summed E-state index contributed by atoms with van der Waals surface area (Å²) >= 11 is 0. The van der Waals surface area contributed by atoms with Gasteiger partial charge in [-0.05, 0) is 53.3 Å². The Morgan fingerprint density at radius 1 is 0.581 bits per heavy atom. The molecule has 0 unspecified atom stereocenters. The van der Waals surface area contributed by atoms with Gasteiger partial charge in [-0.25, -0.2) is 0 Å². The number of benzene rings is 5. The Balaban J connectivity index is 0.000000213. The number of hydrogen-bond donors (Lipinski definition) is 0. The first-order valence-electron chi connectivity index (χ1n) is 13.9. The van der Waals surface area contributed by atoms with E-state index >= 15 is 0 Å². The van der Waals surface area contributed by atoms with E-state index in [0.29, 0.717) is 0 Å². The van der Waals surface area contributed by atoms with E-state index in [1.807, 2.05) is 66.9 Å². The second-order valence-corrected chi connectivity index (χ2v) is 10.1. The predicted molar refractivity (Wildman–Crippen MR) is 172 cm³/mol. The molecule has 43 heavy (non-hydrogen) atoms. The third-order valence-corrected chi connectivity index (χ3v) is 7.36. The fraction of sp³-hybridized carbons (Fsp3) is 0.0256. The molecular weight excluding hydrogens is 705 g/mol. The van der Waals surface area contributed by atoms with Crippen LogP contribution in [0.2, 0.25) is 0 Å². The molecule has 0 atom stereocenters. The summed E-state index contributed by atoms with van der Waals surface area (Å²) in [4.78, 5) is 8.70. The second-order valence-electron chi connectivity index (χ2n) is 10.1. The van der Waals surface area contributed by atoms with Gasteiger partial charge in [-0.2, -0.15) is 0 Å². The van der Waals surface area contributed by atoms with Crippen molar-refractivity contribution in [1.29, 1.82) is 0 Å². The average Bonchev–Trinajstić information content (AvgIpc) is 3.45. The van der Waals surface area contributed by atoms with Gasteiger partial charge in [-0.3, -0.25) is 0 Å². The maximum atomic E-state index is 6.07. The van der Waals surface area contributed by atoms with E-state index in [9.17, 15) is 0 Å². The van der Waals surface area contributed by atoms with Crippen LogP contribution >= 0.6 is 0 Å². The summed E-state index contributed by atoms with van der Waals surface area (Å²) in [5, 5.41) is 4.75. The Bertz CT molecular complexity index is 2100. The number of pyridine rings is 2. The number of aryl methyl sites for hydroxylation is 1. The summed E-state index contributed by atoms with van der Waals surface area (Å²) < 4.78 is 6.07. The van der Waals surface area contributed by atoms with E-state index in [2.05, 4.69) is 95.8 Å². The first kappa shape index (κ1) is 28.2. The maximum absolute atomic E-state index is 6.07. The molecule has 4 heteroatoms. The molecule has 0 fully saturated rings. The van der Waals surface area contributed by atoms with Crippen LogP contribution in [0, 0.1) is 19.1 Å². The summed E-state index contributed by atoms with van der Waals surface area (Å²) in [5.74, 6) is 0. The van der Waals surface area contributed by atoms with Gasteiger partial charge in [0.2, 0.25) is 0 Å². The van der Waals surface area contributed by atoms with Gasteiger partial charge < -0.3 is 14.4 Å². The summed E-state index contributed by atoms with van der Waals surface area (Å²) in [7, 11) is 0. The zero-order chi connectivity index (χ0) is 28.3. The largest absolute Gasteiger partial charge is 0.456 e. The van der Waals surface area contributed by atoms with Gasteiger partial charge in [-0.15, -0.1) is 65.7 Å². The Morgan fingerprint density at radius 3 is 2.19 bits per heavy atom. The molecular formula is C39H26IrN2O-2. The maximum Gasteiger partial charge on any atom is 0.136 e. The number of aromatic nitrogens is 2. The van der Waals surface area contributed by atoms with Crippen molar-refractivity contribution >= 4 is 32.7 Å². The number of para-hydroxylation sites is 1. The van der Waals surface area contributed by atoms with E-state index in [1.54, 1.807) is 6.20 Å². The zero-order valence-corrected chi connectivity index (χ0v) is 25.8. The van der Waals surface area contributed by atoms with Gasteiger partial charge in [0.15, 0.2) is 0 Å². The van der Waals surface area contributed by atoms with Crippen molar-refractivity contribution in [3.05, 3.63) is 157 Å². The molecule has 3 nitrogen and oxygen atoms in total. The first-order chi connectivity index (χ1) is 20.7. The average molecular weight is 731 g/mol. The van der Waals surface area contributed by atoms with E-state index in [4.69, 9.17) is 4.42 Å². The zero-order valence-electron chi connectivity index (χ0n) is 23.4. The number of fused-ring (bicyclic) bond motifs is 5. The Hall–Kier alpha value is -4.89. The van der Waals surface area contributed by atoms with Crippen LogP contribution in [0.4, 0.5) is 0 Å². The molecule has 1 radical (unpaired) electrons. The van der Waals surface area contributed by atoms with Gasteiger partial charge in [0.25, 0.3) is 0 Å². The summed E-state index contributed by atoms with van der Waals surface area (Å²) in [6.45, 7) is 2.08. The van der Waals surface area contributed by atoms with Crippen molar-refractivity contribution in [2.24, 2.45) is 0 Å². The number of rotatable bonds is 3. The summed E-state index contributed by atoms with van der Waals surface area (Å²) in [5.41, 5.74) is 9.35. The molecule has 0 aliphatic rings. The van der Waals surface area contributed by atoms with Crippen LogP contribution in [-0.2, 0) is 20.1 Å². The van der Waals surface area contributed by atoms with Crippen LogP contribution in [-0.4, -0.2) is 9.97 Å². The Labute approximate surface area is 264 Å². The monoisotopic (exact) mass is 731 g/mol. The van der Waals surface area contributed by atoms with Crippen molar-refractivity contribution in [2.75, 3.05) is 0 Å². The van der Waals surface area contributed by atoms with Crippen LogP contribution in [0.15, 0.2) is 144 Å². The topological polar surface area (TPSA) is 38.9 Å². The smallest absolute Gasteiger partial charge is 0.136 e. The van der Waals surface area contributed by atoms with Gasteiger partial charge in [-0.1, -0.05) is 77.4 Å². The van der Waals surface area contributed by atoms with E-state index in [1.165, 1.54) is 27.3 Å². The molecule has 0 aliphatic heterocycles. The minimum Gasteiger partial charge on any atom is -0.456 e. The second kappa shape index (κ2) is 12.5. The van der Waals surface area contributed by atoms with E-state index in [0.717, 1.165) is 44.6 Å². The third-order valence-electron chi connectivity index (χ3n) is 7.36. The van der Waals surface area contributed by atoms with Crippen molar-refractivity contribution in [2.45, 2.75) is 6.92 Å². The van der Waals surface area contributed by atoms with Gasteiger partial charge >= 0.3 is 0 Å². The Kier molecular flexibility index (Phi) is 8.24. The molecule has 0 N–H and O–H groups in total. The molecule has 3 heterocycles. The van der Waals surface area contributed by atoms with Crippen molar-refractivity contribution in [3.8, 4) is 33.6 Å². The van der Waals surface area contributed by atoms with Crippen LogP contribution in [0.25, 0.3) is 66.4 Å². The molecule has 0 aliphatic carbocycles. The van der Waals surface area contributed by atoms with Crippen molar-refractivity contribution < 1.29 is 24.5 Å². The molecule has 0 spiro atoms. The molecule has 5 aromatic carbocycles. The van der Waals surface area contributed by atoms with E-state index < -0.39 is 0 Å². The number of nitrogens with zero attached hydrogens (tertiary/aromatic N) is 2. The molecule has 8 aromatic rings. The van der Waals surface area contributed by atoms with Crippen molar-refractivity contribution in [3.63, 3.8) is 0 Å². The SMILES string of the molecule is Cc1ccnc(-c2[c-]cc(-c3cccc4c3ccc3oc5ccccc5c34)cc2)c1.[Ir].[c-]1ccccc1-c1ccccn1. The fourth-order valence-electron chi connectivity index (χ4n) is 5.34. The quantitative estimate of drug-likeness (QED) is 0.170. The van der Waals surface area contributed by atoms with Crippen LogP contribution in [0.1, 0.15) is 5.56 Å². The molecule has 0 saturated carbocycles. The molecule has 0 amide bonds. The van der Waals surface area contributed by atoms with Crippen LogP contribution in [0.5, 0.6) is 0 Å². The molecule has 0 saturated heterocycles. The normalized spacial score (nSPS) is 10.7. The van der Waals surface area contributed by atoms with Crippen LogP contribution in [0.3, 0.4) is 0 Å². The molecule has 0 bridgehead atoms. The third kappa shape index (κ3) is 5.76. The minimum absolute atomic E-state index is 0. The van der Waals surface area contributed by atoms with Crippen molar-refractivity contribution in [1.82, 2.24) is 9.97 Å². The molecule has 209 valence electrons. The first-order valence-corrected chi connectivity index (χ1v) is 13.9. The minimum atomic E-state index is 0. The van der Waals surface area contributed by atoms with Gasteiger partial charge in [0.1, 0.15) is 11.2 Å². The summed E-state index contributed by atoms with van der Waals surface area (Å²) in [6, 6.07) is 49.6.